The van der Waals surface area contributed by atoms with Crippen LogP contribution in [0.4, 0.5) is 0 Å². The topological polar surface area (TPSA) is 15.3 Å². The van der Waals surface area contributed by atoms with Gasteiger partial charge in [-0.25, -0.2) is 0 Å². The predicted molar refractivity (Wildman–Crippen MR) is 84.6 cm³/mol. The Morgan fingerprint density at radius 1 is 1.06 bits per heavy atom. The van der Waals surface area contributed by atoms with E-state index in [-0.39, 0.29) is 5.54 Å². The number of nitrogens with zero attached hydrogens (tertiary/aromatic N) is 1. The highest BCUT2D eigenvalue weighted by Crippen LogP contribution is 2.24. The second kappa shape index (κ2) is 7.76. The van der Waals surface area contributed by atoms with Crippen molar-refractivity contribution in [3.8, 4) is 0 Å². The van der Waals surface area contributed by atoms with Crippen LogP contribution in [0.25, 0.3) is 0 Å². The third kappa shape index (κ3) is 7.65. The second-order valence-electron chi connectivity index (χ2n) is 6.75. The highest BCUT2D eigenvalue weighted by atomic mass is 32.2. The molecule has 1 aliphatic heterocycles. The zero-order valence-corrected chi connectivity index (χ0v) is 13.8. The molecule has 0 spiro atoms. The van der Waals surface area contributed by atoms with Gasteiger partial charge >= 0.3 is 0 Å². The lowest BCUT2D eigenvalue weighted by Crippen LogP contribution is -2.40. The van der Waals surface area contributed by atoms with Gasteiger partial charge in [0.1, 0.15) is 0 Å². The Morgan fingerprint density at radius 3 is 2.22 bits per heavy atom. The molecule has 1 heterocycles. The molecule has 1 saturated heterocycles. The number of nitrogens with one attached hydrogen (secondary N) is 1. The molecule has 1 fully saturated rings. The van der Waals surface area contributed by atoms with Crippen LogP contribution in [0.15, 0.2) is 0 Å². The highest BCUT2D eigenvalue weighted by molar-refractivity contribution is 8.00. The van der Waals surface area contributed by atoms with Crippen LogP contribution in [-0.2, 0) is 0 Å². The van der Waals surface area contributed by atoms with Gasteiger partial charge in [0.25, 0.3) is 0 Å². The summed E-state index contributed by atoms with van der Waals surface area (Å²) in [4.78, 5) is 2.66. The summed E-state index contributed by atoms with van der Waals surface area (Å²) in [6, 6.07) is 0. The normalized spacial score (nSPS) is 26.5. The van der Waals surface area contributed by atoms with Crippen molar-refractivity contribution in [1.29, 1.82) is 0 Å². The van der Waals surface area contributed by atoms with Gasteiger partial charge in [-0.1, -0.05) is 20.3 Å². The smallest absolute Gasteiger partial charge is 0.0149 e. The van der Waals surface area contributed by atoms with Gasteiger partial charge in [-0.3, -0.25) is 0 Å². The van der Waals surface area contributed by atoms with E-state index in [9.17, 15) is 0 Å². The molecule has 0 amide bonds. The maximum absolute atomic E-state index is 3.56. The minimum atomic E-state index is 0.273. The van der Waals surface area contributed by atoms with Gasteiger partial charge in [0.2, 0.25) is 0 Å². The van der Waals surface area contributed by atoms with Crippen molar-refractivity contribution >= 4 is 11.8 Å². The molecule has 0 aliphatic carbocycles. The highest BCUT2D eigenvalue weighted by Gasteiger charge is 2.21. The van der Waals surface area contributed by atoms with Crippen LogP contribution in [0, 0.1) is 0 Å². The maximum Gasteiger partial charge on any atom is 0.0149 e. The first kappa shape index (κ1) is 16.3. The fourth-order valence-electron chi connectivity index (χ4n) is 2.57. The van der Waals surface area contributed by atoms with Gasteiger partial charge < -0.3 is 10.2 Å². The first-order valence-electron chi connectivity index (χ1n) is 7.49. The third-order valence-electron chi connectivity index (χ3n) is 3.30. The summed E-state index contributed by atoms with van der Waals surface area (Å²) in [6.45, 7) is 16.5. The van der Waals surface area contributed by atoms with E-state index in [1.807, 2.05) is 0 Å². The molecule has 0 aromatic rings. The number of hydrogen-bond acceptors (Lipinski definition) is 3. The number of hydrogen-bond donors (Lipinski definition) is 1. The lowest BCUT2D eigenvalue weighted by Gasteiger charge is -2.34. The van der Waals surface area contributed by atoms with Crippen LogP contribution in [-0.4, -0.2) is 47.1 Å². The van der Waals surface area contributed by atoms with E-state index in [2.05, 4.69) is 56.6 Å². The van der Waals surface area contributed by atoms with Crippen molar-refractivity contribution < 1.29 is 0 Å². The molecule has 0 radical (unpaired) electrons. The Labute approximate surface area is 118 Å². The largest absolute Gasteiger partial charge is 0.312 e. The lowest BCUT2D eigenvalue weighted by atomic mass is 10.1. The van der Waals surface area contributed by atoms with E-state index < -0.39 is 0 Å². The monoisotopic (exact) mass is 272 g/mol. The number of unbranched alkanes of at least 4 members (excludes halogenated alkanes) is 2. The van der Waals surface area contributed by atoms with Gasteiger partial charge in [0.15, 0.2) is 0 Å². The lowest BCUT2D eigenvalue weighted by molar-refractivity contribution is 0.264. The average Bonchev–Trinajstić information content (AvgIpc) is 2.20. The van der Waals surface area contributed by atoms with Crippen LogP contribution in [0.5, 0.6) is 0 Å². The van der Waals surface area contributed by atoms with Crippen molar-refractivity contribution in [2.24, 2.45) is 0 Å². The Morgan fingerprint density at radius 2 is 1.67 bits per heavy atom. The predicted octanol–water partition coefficient (Wildman–Crippen LogP) is 3.37. The van der Waals surface area contributed by atoms with Gasteiger partial charge in [-0.05, 0) is 46.7 Å². The Balaban J connectivity index is 2.01. The van der Waals surface area contributed by atoms with Crippen molar-refractivity contribution in [3.63, 3.8) is 0 Å². The first-order chi connectivity index (χ1) is 8.37. The van der Waals surface area contributed by atoms with E-state index in [1.165, 1.54) is 38.9 Å². The molecule has 2 nitrogen and oxygen atoms in total. The van der Waals surface area contributed by atoms with Crippen LogP contribution < -0.4 is 5.32 Å². The molecule has 1 aliphatic rings. The molecular weight excluding hydrogens is 240 g/mol. The van der Waals surface area contributed by atoms with Crippen LogP contribution in [0.3, 0.4) is 0 Å². The Bertz CT molecular complexity index is 215. The Hall–Kier alpha value is 0.270. The molecule has 1 rings (SSSR count). The molecule has 2 atom stereocenters. The fraction of sp³-hybridized carbons (Fsp3) is 1.00. The van der Waals surface area contributed by atoms with E-state index in [0.29, 0.717) is 0 Å². The summed E-state index contributed by atoms with van der Waals surface area (Å²) in [5, 5.41) is 5.19. The van der Waals surface area contributed by atoms with Gasteiger partial charge in [0, 0.05) is 29.1 Å². The summed E-state index contributed by atoms with van der Waals surface area (Å²) < 4.78 is 0. The third-order valence-corrected chi connectivity index (χ3v) is 4.53. The molecule has 18 heavy (non-hydrogen) atoms. The number of rotatable bonds is 6. The van der Waals surface area contributed by atoms with Crippen molar-refractivity contribution in [2.45, 2.75) is 69.9 Å². The zero-order valence-electron chi connectivity index (χ0n) is 13.0. The average molecular weight is 273 g/mol. The van der Waals surface area contributed by atoms with E-state index in [0.717, 1.165) is 17.0 Å². The minimum absolute atomic E-state index is 0.273. The summed E-state index contributed by atoms with van der Waals surface area (Å²) in [6.07, 6.45) is 4.02. The molecular formula is C15H32N2S. The van der Waals surface area contributed by atoms with E-state index >= 15 is 0 Å². The van der Waals surface area contributed by atoms with Crippen LogP contribution >= 0.6 is 11.8 Å². The molecule has 1 N–H and O–H groups in total. The first-order valence-corrected chi connectivity index (χ1v) is 8.44. The summed E-state index contributed by atoms with van der Waals surface area (Å²) >= 11 is 2.14. The molecule has 108 valence electrons. The summed E-state index contributed by atoms with van der Waals surface area (Å²) in [7, 11) is 0. The molecule has 2 unspecified atom stereocenters. The van der Waals surface area contributed by atoms with E-state index in [4.69, 9.17) is 0 Å². The van der Waals surface area contributed by atoms with E-state index in [1.54, 1.807) is 0 Å². The second-order valence-corrected chi connectivity index (χ2v) is 8.64. The van der Waals surface area contributed by atoms with Crippen molar-refractivity contribution in [3.05, 3.63) is 0 Å². The van der Waals surface area contributed by atoms with Gasteiger partial charge in [0.05, 0.1) is 0 Å². The molecule has 0 aromatic heterocycles. The molecule has 0 bridgehead atoms. The van der Waals surface area contributed by atoms with Crippen LogP contribution in [0.1, 0.15) is 53.9 Å². The minimum Gasteiger partial charge on any atom is -0.312 e. The summed E-state index contributed by atoms with van der Waals surface area (Å²) in [5.41, 5.74) is 0.273. The number of thioether (sulfide) groups is 1. The fourth-order valence-corrected chi connectivity index (χ4v) is 3.95. The van der Waals surface area contributed by atoms with Crippen molar-refractivity contribution in [1.82, 2.24) is 10.2 Å². The van der Waals surface area contributed by atoms with Gasteiger partial charge in [-0.2, -0.15) is 11.8 Å². The molecule has 0 aromatic carbocycles. The quantitative estimate of drug-likeness (QED) is 0.746. The van der Waals surface area contributed by atoms with Gasteiger partial charge in [-0.15, -0.1) is 0 Å². The molecule has 0 saturated carbocycles. The SMILES string of the molecule is CC1CN(CCCCCNC(C)(C)C)CC(C)S1. The zero-order chi connectivity index (χ0) is 13.6. The Kier molecular flexibility index (Phi) is 7.04. The molecule has 3 heteroatoms. The summed E-state index contributed by atoms with van der Waals surface area (Å²) in [5.74, 6) is 0. The van der Waals surface area contributed by atoms with Crippen molar-refractivity contribution in [2.75, 3.05) is 26.2 Å². The van der Waals surface area contributed by atoms with Crippen LogP contribution in [0.2, 0.25) is 0 Å². The standard InChI is InChI=1S/C15H32N2S/c1-13-11-17(12-14(2)18-13)10-8-6-7-9-16-15(3,4)5/h13-14,16H,6-12H2,1-5H3. The maximum atomic E-state index is 3.56.